The maximum Gasteiger partial charge on any atom is 0.306 e. The van der Waals surface area contributed by atoms with Crippen molar-refractivity contribution in [3.63, 3.8) is 0 Å². The van der Waals surface area contributed by atoms with E-state index in [1.807, 2.05) is 14.1 Å². The summed E-state index contributed by atoms with van der Waals surface area (Å²) in [6.45, 7) is 6.57. The molecule has 0 aromatic carbocycles. The molecular weight excluding hydrogens is 687 g/mol. The molecular formula is C48H89NO6. The molecule has 3 fully saturated rings. The van der Waals surface area contributed by atoms with Crippen molar-refractivity contribution in [1.29, 1.82) is 0 Å². The Bertz CT molecular complexity index is 934. The average molecular weight is 776 g/mol. The van der Waals surface area contributed by atoms with Gasteiger partial charge in [0.15, 0.2) is 0 Å². The lowest BCUT2D eigenvalue weighted by Gasteiger charge is -2.46. The first kappa shape index (κ1) is 49.5. The molecule has 0 aliphatic heterocycles. The Morgan fingerprint density at radius 1 is 0.545 bits per heavy atom. The molecule has 0 amide bonds. The zero-order valence-electron chi connectivity index (χ0n) is 36.8. The predicted octanol–water partition coefficient (Wildman–Crippen LogP) is 13.1. The molecule has 0 saturated heterocycles. The summed E-state index contributed by atoms with van der Waals surface area (Å²) in [5.74, 6) is 1.55. The number of esters is 3. The normalized spacial score (nSPS) is 18.5. The van der Waals surface area contributed by atoms with Gasteiger partial charge in [0.25, 0.3) is 0 Å². The molecule has 1 atom stereocenters. The van der Waals surface area contributed by atoms with Gasteiger partial charge in [-0.25, -0.2) is 0 Å². The van der Waals surface area contributed by atoms with Crippen molar-refractivity contribution in [3.05, 3.63) is 0 Å². The zero-order chi connectivity index (χ0) is 39.8. The second kappa shape index (κ2) is 32.3. The summed E-state index contributed by atoms with van der Waals surface area (Å²) in [4.78, 5) is 39.7. The van der Waals surface area contributed by atoms with E-state index >= 15 is 0 Å². The van der Waals surface area contributed by atoms with Crippen LogP contribution >= 0.6 is 0 Å². The standard InChI is InChI=1S/C48H89NO6/c1-5-7-9-18-25-42(26-19-10-8-6-2)34-40-54-45(50)29-22-16-13-15-21-28-44(55-46(51)30-24-38-49(3)4)27-20-14-11-12-17-23-39-53-47(52)41-48-35-31-43(32-36-48)33-37-48/h42-44H,5-41H2,1-4H3. The van der Waals surface area contributed by atoms with Crippen LogP contribution in [-0.4, -0.2) is 62.8 Å². The van der Waals surface area contributed by atoms with Crippen LogP contribution in [0.3, 0.4) is 0 Å². The van der Waals surface area contributed by atoms with E-state index in [0.717, 1.165) is 102 Å². The van der Waals surface area contributed by atoms with Crippen molar-refractivity contribution in [1.82, 2.24) is 4.90 Å². The van der Waals surface area contributed by atoms with Crippen molar-refractivity contribution in [3.8, 4) is 0 Å². The third-order valence-electron chi connectivity index (χ3n) is 12.9. The number of rotatable bonds is 37. The zero-order valence-corrected chi connectivity index (χ0v) is 36.8. The van der Waals surface area contributed by atoms with E-state index in [9.17, 15) is 14.4 Å². The molecule has 3 saturated carbocycles. The molecule has 2 bridgehead atoms. The first-order valence-corrected chi connectivity index (χ1v) is 23.9. The summed E-state index contributed by atoms with van der Waals surface area (Å²) in [6, 6.07) is 0. The van der Waals surface area contributed by atoms with Crippen molar-refractivity contribution in [2.24, 2.45) is 17.3 Å². The van der Waals surface area contributed by atoms with Crippen LogP contribution in [0.2, 0.25) is 0 Å². The van der Waals surface area contributed by atoms with Gasteiger partial charge >= 0.3 is 17.9 Å². The lowest BCUT2D eigenvalue weighted by molar-refractivity contribution is -0.150. The molecule has 0 radical (unpaired) electrons. The molecule has 1 unspecified atom stereocenters. The number of hydrogen-bond donors (Lipinski definition) is 0. The van der Waals surface area contributed by atoms with E-state index in [-0.39, 0.29) is 29.4 Å². The molecule has 0 heterocycles. The lowest BCUT2D eigenvalue weighted by atomic mass is 9.59. The van der Waals surface area contributed by atoms with Gasteiger partial charge in [0.2, 0.25) is 0 Å². The highest BCUT2D eigenvalue weighted by Crippen LogP contribution is 2.52. The molecule has 0 N–H and O–H groups in total. The second-order valence-electron chi connectivity index (χ2n) is 18.2. The first-order valence-electron chi connectivity index (χ1n) is 23.9. The van der Waals surface area contributed by atoms with E-state index in [1.54, 1.807) is 0 Å². The Morgan fingerprint density at radius 2 is 1.04 bits per heavy atom. The quantitative estimate of drug-likeness (QED) is 0.0353. The first-order chi connectivity index (χ1) is 26.7. The number of carbonyl (C=O) groups is 3. The summed E-state index contributed by atoms with van der Waals surface area (Å²) in [6.07, 6.45) is 37.8. The van der Waals surface area contributed by atoms with Crippen molar-refractivity contribution >= 4 is 17.9 Å². The Hall–Kier alpha value is -1.63. The maximum absolute atomic E-state index is 12.6. The van der Waals surface area contributed by atoms with Gasteiger partial charge in [-0.3, -0.25) is 14.4 Å². The number of hydrogen-bond acceptors (Lipinski definition) is 7. The highest BCUT2D eigenvalue weighted by molar-refractivity contribution is 5.70. The molecule has 3 aliphatic carbocycles. The van der Waals surface area contributed by atoms with Crippen LogP contribution in [0, 0.1) is 17.3 Å². The van der Waals surface area contributed by atoms with Crippen LogP contribution in [0.5, 0.6) is 0 Å². The van der Waals surface area contributed by atoms with Crippen LogP contribution in [0.1, 0.15) is 232 Å². The topological polar surface area (TPSA) is 82.1 Å². The summed E-state index contributed by atoms with van der Waals surface area (Å²) in [5, 5.41) is 0. The third kappa shape index (κ3) is 26.1. The summed E-state index contributed by atoms with van der Waals surface area (Å²) >= 11 is 0. The largest absolute Gasteiger partial charge is 0.466 e. The van der Waals surface area contributed by atoms with Crippen LogP contribution in [0.25, 0.3) is 0 Å². The number of fused-ring (bicyclic) bond motifs is 3. The summed E-state index contributed by atoms with van der Waals surface area (Å²) < 4.78 is 17.3. The molecule has 0 spiro atoms. The van der Waals surface area contributed by atoms with Gasteiger partial charge in [-0.2, -0.15) is 0 Å². The Labute approximate surface area is 339 Å². The van der Waals surface area contributed by atoms with Gasteiger partial charge in [-0.1, -0.05) is 123 Å². The summed E-state index contributed by atoms with van der Waals surface area (Å²) in [7, 11) is 4.07. The predicted molar refractivity (Wildman–Crippen MR) is 228 cm³/mol. The van der Waals surface area contributed by atoms with E-state index in [0.29, 0.717) is 38.4 Å². The fourth-order valence-corrected chi connectivity index (χ4v) is 9.11. The molecule has 7 heteroatoms. The lowest BCUT2D eigenvalue weighted by Crippen LogP contribution is -2.36. The molecule has 3 rings (SSSR count). The van der Waals surface area contributed by atoms with Crippen molar-refractivity contribution < 1.29 is 28.6 Å². The van der Waals surface area contributed by atoms with Gasteiger partial charge in [0.05, 0.1) is 19.6 Å². The van der Waals surface area contributed by atoms with E-state index < -0.39 is 0 Å². The Kier molecular flexibility index (Phi) is 29.1. The average Bonchev–Trinajstić information content (AvgIpc) is 3.17. The second-order valence-corrected chi connectivity index (χ2v) is 18.2. The number of unbranched alkanes of at least 4 members (excludes halogenated alkanes) is 15. The molecule has 7 nitrogen and oxygen atoms in total. The van der Waals surface area contributed by atoms with E-state index in [2.05, 4.69) is 18.7 Å². The van der Waals surface area contributed by atoms with Gasteiger partial charge in [0.1, 0.15) is 6.10 Å². The van der Waals surface area contributed by atoms with Crippen LogP contribution < -0.4 is 0 Å². The minimum Gasteiger partial charge on any atom is -0.466 e. The van der Waals surface area contributed by atoms with E-state index in [4.69, 9.17) is 14.2 Å². The van der Waals surface area contributed by atoms with Gasteiger partial charge in [-0.15, -0.1) is 0 Å². The molecule has 0 aromatic rings. The van der Waals surface area contributed by atoms with Gasteiger partial charge in [-0.05, 0) is 128 Å². The fraction of sp³-hybridized carbons (Fsp3) is 0.938. The van der Waals surface area contributed by atoms with Gasteiger partial charge < -0.3 is 19.1 Å². The fourth-order valence-electron chi connectivity index (χ4n) is 9.11. The van der Waals surface area contributed by atoms with Gasteiger partial charge in [0, 0.05) is 12.8 Å². The third-order valence-corrected chi connectivity index (χ3v) is 12.9. The van der Waals surface area contributed by atoms with Crippen LogP contribution in [0.4, 0.5) is 0 Å². The molecule has 55 heavy (non-hydrogen) atoms. The highest BCUT2D eigenvalue weighted by atomic mass is 16.5. The Morgan fingerprint density at radius 3 is 1.62 bits per heavy atom. The highest BCUT2D eigenvalue weighted by Gasteiger charge is 2.41. The minimum atomic E-state index is -0.0602. The van der Waals surface area contributed by atoms with Crippen LogP contribution in [0.15, 0.2) is 0 Å². The maximum atomic E-state index is 12.6. The molecule has 0 aromatic heterocycles. The Balaban J connectivity index is 1.55. The number of ether oxygens (including phenoxy) is 3. The summed E-state index contributed by atoms with van der Waals surface area (Å²) in [5.41, 5.74) is 0.255. The van der Waals surface area contributed by atoms with Crippen molar-refractivity contribution in [2.75, 3.05) is 33.9 Å². The molecule has 3 aliphatic rings. The number of nitrogens with zero attached hydrogens (tertiary/aromatic N) is 1. The molecule has 322 valence electrons. The monoisotopic (exact) mass is 776 g/mol. The smallest absolute Gasteiger partial charge is 0.306 e. The SMILES string of the molecule is CCCCCCC(CCCCCC)CCOC(=O)CCCCCCCC(CCCCCCCCOC(=O)CC12CCC(CC1)CC2)OC(=O)CCCN(C)C. The van der Waals surface area contributed by atoms with Crippen molar-refractivity contribution in [2.45, 2.75) is 238 Å². The van der Waals surface area contributed by atoms with Crippen LogP contribution in [-0.2, 0) is 28.6 Å². The number of carbonyl (C=O) groups excluding carboxylic acids is 3. The minimum absolute atomic E-state index is 0.00189. The van der Waals surface area contributed by atoms with E-state index in [1.165, 1.54) is 109 Å².